The van der Waals surface area contributed by atoms with Crippen molar-refractivity contribution in [2.24, 2.45) is 0 Å². The lowest BCUT2D eigenvalue weighted by atomic mass is 9.93. The van der Waals surface area contributed by atoms with Gasteiger partial charge >= 0.3 is 0 Å². The molecular weight excluding hydrogens is 413 g/mol. The molecule has 1 atom stereocenters. The Kier molecular flexibility index (Phi) is 5.58. The zero-order valence-electron chi connectivity index (χ0n) is 10.3. The van der Waals surface area contributed by atoms with E-state index in [0.717, 1.165) is 5.56 Å². The standard InChI is InChI=1S/C15H11Br2ClF2/c16-8-9(10-3-1-2-4-13(10)18)7-11-14(19)6-5-12(17)15(11)20/h1-6,9H,7-8H2. The molecular formula is C15H11Br2ClF2. The normalized spacial score (nSPS) is 12.4. The lowest BCUT2D eigenvalue weighted by Crippen LogP contribution is -2.09. The van der Waals surface area contributed by atoms with Gasteiger partial charge in [0, 0.05) is 15.9 Å². The number of hydrogen-bond acceptors (Lipinski definition) is 0. The van der Waals surface area contributed by atoms with E-state index in [9.17, 15) is 8.78 Å². The number of benzene rings is 2. The summed E-state index contributed by atoms with van der Waals surface area (Å²) in [5.74, 6) is -1.19. The minimum absolute atomic E-state index is 0.0729. The van der Waals surface area contributed by atoms with Crippen LogP contribution in [0.5, 0.6) is 0 Å². The van der Waals surface area contributed by atoms with Gasteiger partial charge in [0.1, 0.15) is 11.6 Å². The Labute approximate surface area is 138 Å². The second kappa shape index (κ2) is 7.01. The molecule has 0 heterocycles. The maximum absolute atomic E-state index is 14.0. The maximum Gasteiger partial charge on any atom is 0.143 e. The van der Waals surface area contributed by atoms with Crippen LogP contribution in [-0.2, 0) is 6.42 Å². The number of halogens is 5. The molecule has 0 radical (unpaired) electrons. The Morgan fingerprint density at radius 3 is 2.45 bits per heavy atom. The summed E-state index contributed by atoms with van der Waals surface area (Å²) >= 11 is 12.6. The van der Waals surface area contributed by atoms with Crippen molar-refractivity contribution in [2.75, 3.05) is 5.33 Å². The van der Waals surface area contributed by atoms with E-state index in [2.05, 4.69) is 31.9 Å². The molecule has 0 spiro atoms. The molecule has 0 saturated heterocycles. The molecule has 0 aromatic heterocycles. The molecule has 5 heteroatoms. The molecule has 20 heavy (non-hydrogen) atoms. The van der Waals surface area contributed by atoms with Crippen LogP contribution in [0.4, 0.5) is 8.78 Å². The number of alkyl halides is 1. The third-order valence-corrected chi connectivity index (χ3v) is 4.86. The first-order valence-electron chi connectivity index (χ1n) is 5.97. The Hall–Kier alpha value is -0.450. The van der Waals surface area contributed by atoms with Gasteiger partial charge in [0.15, 0.2) is 0 Å². The Morgan fingerprint density at radius 2 is 1.80 bits per heavy atom. The summed E-state index contributed by atoms with van der Waals surface area (Å²) in [4.78, 5) is 0. The highest BCUT2D eigenvalue weighted by atomic mass is 79.9. The summed E-state index contributed by atoms with van der Waals surface area (Å²) in [6.07, 6.45) is 0.242. The van der Waals surface area contributed by atoms with Crippen LogP contribution < -0.4 is 0 Å². The van der Waals surface area contributed by atoms with Gasteiger partial charge in [0.2, 0.25) is 0 Å². The van der Waals surface area contributed by atoms with Crippen LogP contribution in [-0.4, -0.2) is 5.33 Å². The summed E-state index contributed by atoms with van der Waals surface area (Å²) in [6, 6.07) is 9.98. The molecule has 0 bridgehead atoms. The lowest BCUT2D eigenvalue weighted by Gasteiger charge is -2.17. The molecule has 0 saturated carbocycles. The molecule has 0 fully saturated rings. The van der Waals surface area contributed by atoms with Crippen LogP contribution in [0.1, 0.15) is 17.0 Å². The monoisotopic (exact) mass is 422 g/mol. The van der Waals surface area contributed by atoms with Crippen molar-refractivity contribution in [1.82, 2.24) is 0 Å². The SMILES string of the molecule is Fc1ccc(Br)c(F)c1CC(CBr)c1ccccc1Cl. The van der Waals surface area contributed by atoms with Gasteiger partial charge in [-0.2, -0.15) is 0 Å². The fourth-order valence-corrected chi connectivity index (χ4v) is 3.30. The molecule has 2 rings (SSSR count). The first kappa shape index (κ1) is 15.9. The summed E-state index contributed by atoms with van der Waals surface area (Å²) in [5.41, 5.74) is 0.952. The zero-order chi connectivity index (χ0) is 14.7. The fourth-order valence-electron chi connectivity index (χ4n) is 2.06. The van der Waals surface area contributed by atoms with Gasteiger partial charge in [-0.3, -0.25) is 0 Å². The second-order valence-corrected chi connectivity index (χ2v) is 6.31. The lowest BCUT2D eigenvalue weighted by molar-refractivity contribution is 0.541. The van der Waals surface area contributed by atoms with E-state index in [4.69, 9.17) is 11.6 Å². The van der Waals surface area contributed by atoms with Crippen LogP contribution in [0.3, 0.4) is 0 Å². The molecule has 106 valence electrons. The average molecular weight is 425 g/mol. The van der Waals surface area contributed by atoms with Gasteiger partial charge in [0.05, 0.1) is 4.47 Å². The van der Waals surface area contributed by atoms with E-state index in [-0.39, 0.29) is 22.4 Å². The Balaban J connectivity index is 2.37. The molecule has 2 aromatic carbocycles. The van der Waals surface area contributed by atoms with Gasteiger partial charge in [-0.25, -0.2) is 8.78 Å². The zero-order valence-corrected chi connectivity index (χ0v) is 14.3. The van der Waals surface area contributed by atoms with E-state index >= 15 is 0 Å². The summed E-state index contributed by atoms with van der Waals surface area (Å²) in [7, 11) is 0. The first-order valence-corrected chi connectivity index (χ1v) is 8.26. The smallest absolute Gasteiger partial charge is 0.143 e. The Morgan fingerprint density at radius 1 is 1.10 bits per heavy atom. The molecule has 0 aliphatic heterocycles. The predicted octanol–water partition coefficient (Wildman–Crippen LogP) is 6.10. The summed E-state index contributed by atoms with van der Waals surface area (Å²) < 4.78 is 28.1. The van der Waals surface area contributed by atoms with Crippen LogP contribution >= 0.6 is 43.5 Å². The molecule has 0 N–H and O–H groups in total. The molecule has 0 nitrogen and oxygen atoms in total. The summed E-state index contributed by atoms with van der Waals surface area (Å²) in [6.45, 7) is 0. The Bertz CT molecular complexity index is 617. The quantitative estimate of drug-likeness (QED) is 0.411. The topological polar surface area (TPSA) is 0 Å². The minimum atomic E-state index is -0.553. The van der Waals surface area contributed by atoms with Crippen LogP contribution in [0.2, 0.25) is 5.02 Å². The van der Waals surface area contributed by atoms with Crippen molar-refractivity contribution in [3.05, 3.63) is 68.7 Å². The maximum atomic E-state index is 14.0. The number of rotatable bonds is 4. The van der Waals surface area contributed by atoms with Crippen molar-refractivity contribution in [3.8, 4) is 0 Å². The third kappa shape index (κ3) is 3.41. The first-order chi connectivity index (χ1) is 9.54. The van der Waals surface area contributed by atoms with Gasteiger partial charge in [0.25, 0.3) is 0 Å². The summed E-state index contributed by atoms with van der Waals surface area (Å²) in [5, 5.41) is 1.18. The highest BCUT2D eigenvalue weighted by Gasteiger charge is 2.20. The van der Waals surface area contributed by atoms with Crippen molar-refractivity contribution in [2.45, 2.75) is 12.3 Å². The molecule has 0 aliphatic carbocycles. The highest BCUT2D eigenvalue weighted by Crippen LogP contribution is 2.32. The minimum Gasteiger partial charge on any atom is -0.207 e. The van der Waals surface area contributed by atoms with Crippen LogP contribution in [0.15, 0.2) is 40.9 Å². The number of hydrogen-bond donors (Lipinski definition) is 0. The predicted molar refractivity (Wildman–Crippen MR) is 85.7 cm³/mol. The largest absolute Gasteiger partial charge is 0.207 e. The molecule has 0 aliphatic rings. The third-order valence-electron chi connectivity index (χ3n) is 3.12. The van der Waals surface area contributed by atoms with E-state index in [0.29, 0.717) is 10.4 Å². The molecule has 2 aromatic rings. The van der Waals surface area contributed by atoms with Gasteiger partial charge < -0.3 is 0 Å². The van der Waals surface area contributed by atoms with Crippen molar-refractivity contribution < 1.29 is 8.78 Å². The van der Waals surface area contributed by atoms with Crippen LogP contribution in [0.25, 0.3) is 0 Å². The van der Waals surface area contributed by atoms with E-state index < -0.39 is 11.6 Å². The van der Waals surface area contributed by atoms with Gasteiger partial charge in [-0.1, -0.05) is 45.7 Å². The molecule has 0 amide bonds. The molecule has 1 unspecified atom stereocenters. The second-order valence-electron chi connectivity index (χ2n) is 4.40. The van der Waals surface area contributed by atoms with Crippen molar-refractivity contribution in [3.63, 3.8) is 0 Å². The average Bonchev–Trinajstić information content (AvgIpc) is 2.45. The van der Waals surface area contributed by atoms with Crippen molar-refractivity contribution in [1.29, 1.82) is 0 Å². The van der Waals surface area contributed by atoms with E-state index in [1.54, 1.807) is 6.07 Å². The van der Waals surface area contributed by atoms with Gasteiger partial charge in [-0.15, -0.1) is 0 Å². The van der Waals surface area contributed by atoms with E-state index in [1.807, 2.05) is 18.2 Å². The highest BCUT2D eigenvalue weighted by molar-refractivity contribution is 9.10. The van der Waals surface area contributed by atoms with Crippen LogP contribution in [0, 0.1) is 11.6 Å². The van der Waals surface area contributed by atoms with Crippen molar-refractivity contribution >= 4 is 43.5 Å². The van der Waals surface area contributed by atoms with Gasteiger partial charge in [-0.05, 0) is 52.0 Å². The fraction of sp³-hybridized carbons (Fsp3) is 0.200. The van der Waals surface area contributed by atoms with E-state index in [1.165, 1.54) is 12.1 Å².